The molecule has 0 radical (unpaired) electrons. The third-order valence-electron chi connectivity index (χ3n) is 5.44. The van der Waals surface area contributed by atoms with Crippen LogP contribution in [0, 0.1) is 11.8 Å². The molecule has 0 bridgehead atoms. The number of amides is 3. The number of carbonyl (C=O) groups is 4. The summed E-state index contributed by atoms with van der Waals surface area (Å²) in [4.78, 5) is 47.8. The molecule has 1 aliphatic carbocycles. The summed E-state index contributed by atoms with van der Waals surface area (Å²) in [5.41, 5.74) is 16.8. The van der Waals surface area contributed by atoms with Crippen molar-refractivity contribution in [2.75, 3.05) is 0 Å². The van der Waals surface area contributed by atoms with Gasteiger partial charge in [-0.15, -0.1) is 0 Å². The molecule has 0 aromatic heterocycles. The fraction of sp³-hybridized carbons (Fsp3) is 0.619. The van der Waals surface area contributed by atoms with Gasteiger partial charge in [-0.3, -0.25) is 14.4 Å². The monoisotopic (exact) mass is 437 g/mol. The highest BCUT2D eigenvalue weighted by atomic mass is 16.4. The molecule has 10 heteroatoms. The van der Waals surface area contributed by atoms with Crippen molar-refractivity contribution in [3.8, 4) is 0 Å². The minimum atomic E-state index is -1.30. The van der Waals surface area contributed by atoms with E-state index in [4.69, 9.17) is 17.2 Å². The number of allylic oxidation sites excluding steroid dienone is 2. The molecule has 0 saturated heterocycles. The van der Waals surface area contributed by atoms with Gasteiger partial charge in [0.1, 0.15) is 12.1 Å². The first-order chi connectivity index (χ1) is 14.5. The highest BCUT2D eigenvalue weighted by Gasteiger charge is 2.29. The Balaban J connectivity index is 2.87. The Kier molecular flexibility index (Phi) is 10.9. The van der Waals surface area contributed by atoms with Crippen LogP contribution < -0.4 is 27.8 Å². The molecule has 0 saturated carbocycles. The molecule has 0 aromatic rings. The second-order valence-corrected chi connectivity index (χ2v) is 7.97. The van der Waals surface area contributed by atoms with E-state index in [1.54, 1.807) is 0 Å². The molecular formula is C21H35N5O5. The molecule has 4 atom stereocenters. The highest BCUT2D eigenvalue weighted by Crippen LogP contribution is 2.17. The van der Waals surface area contributed by atoms with Crippen LogP contribution in [0.2, 0.25) is 0 Å². The van der Waals surface area contributed by atoms with E-state index >= 15 is 0 Å². The van der Waals surface area contributed by atoms with Gasteiger partial charge >= 0.3 is 5.97 Å². The lowest BCUT2D eigenvalue weighted by atomic mass is 9.93. The summed E-state index contributed by atoms with van der Waals surface area (Å²) in [5, 5.41) is 14.4. The van der Waals surface area contributed by atoms with Gasteiger partial charge in [0, 0.05) is 12.5 Å². The summed E-state index contributed by atoms with van der Waals surface area (Å²) < 4.78 is 0. The lowest BCUT2D eigenvalue weighted by Crippen LogP contribution is -2.55. The van der Waals surface area contributed by atoms with E-state index in [2.05, 4.69) is 10.6 Å². The van der Waals surface area contributed by atoms with Crippen LogP contribution in [0.3, 0.4) is 0 Å². The fourth-order valence-corrected chi connectivity index (χ4v) is 3.09. The van der Waals surface area contributed by atoms with Crippen molar-refractivity contribution in [1.29, 1.82) is 0 Å². The fourth-order valence-electron chi connectivity index (χ4n) is 3.09. The Morgan fingerprint density at radius 2 is 1.58 bits per heavy atom. The zero-order valence-corrected chi connectivity index (χ0v) is 18.1. The van der Waals surface area contributed by atoms with Gasteiger partial charge < -0.3 is 32.9 Å². The van der Waals surface area contributed by atoms with Crippen molar-refractivity contribution >= 4 is 23.7 Å². The van der Waals surface area contributed by atoms with Crippen LogP contribution >= 0.6 is 0 Å². The van der Waals surface area contributed by atoms with Gasteiger partial charge in [0.2, 0.25) is 17.7 Å². The number of carbonyl (C=O) groups excluding carboxylic acids is 3. The van der Waals surface area contributed by atoms with E-state index in [0.29, 0.717) is 12.8 Å². The van der Waals surface area contributed by atoms with Crippen molar-refractivity contribution in [3.63, 3.8) is 0 Å². The molecule has 10 nitrogen and oxygen atoms in total. The smallest absolute Gasteiger partial charge is 0.326 e. The molecule has 0 spiro atoms. The number of carboxylic acid groups (broad SMARTS) is 1. The predicted octanol–water partition coefficient (Wildman–Crippen LogP) is -0.471. The van der Waals surface area contributed by atoms with Gasteiger partial charge in [-0.2, -0.15) is 0 Å². The van der Waals surface area contributed by atoms with Gasteiger partial charge in [-0.1, -0.05) is 44.6 Å². The molecule has 0 heterocycles. The normalized spacial score (nSPS) is 21.5. The van der Waals surface area contributed by atoms with E-state index in [9.17, 15) is 24.3 Å². The standard InChI is InChI=1S/C21H35N5O5/c1-3-12(2)18(24)20(29)25-15(9-6-13-4-7-14(22)8-5-13)19(28)26-16(21(30)31)10-11-17(23)27/h4-5,7-8,12-16,18H,3,6,9-11,22,24H2,1-2H3,(H2,23,27)(H,25,29)(H,26,28)(H,30,31)/t12-,13?,14?,15-,16-,18-/m0/s1. The van der Waals surface area contributed by atoms with E-state index in [0.717, 1.165) is 0 Å². The largest absolute Gasteiger partial charge is 0.480 e. The number of nitrogens with two attached hydrogens (primary N) is 3. The molecule has 1 aliphatic rings. The zero-order chi connectivity index (χ0) is 23.6. The summed E-state index contributed by atoms with van der Waals surface area (Å²) in [6, 6.07) is -3.21. The van der Waals surface area contributed by atoms with E-state index in [-0.39, 0.29) is 37.1 Å². The second-order valence-electron chi connectivity index (χ2n) is 7.97. The summed E-state index contributed by atoms with van der Waals surface area (Å²) in [7, 11) is 0. The molecule has 3 amide bonds. The molecule has 0 aliphatic heterocycles. The molecule has 9 N–H and O–H groups in total. The maximum atomic E-state index is 12.8. The van der Waals surface area contributed by atoms with Crippen molar-refractivity contribution in [2.45, 2.75) is 70.1 Å². The first-order valence-electron chi connectivity index (χ1n) is 10.5. The average Bonchev–Trinajstić information content (AvgIpc) is 2.73. The molecule has 31 heavy (non-hydrogen) atoms. The minimum absolute atomic E-state index is 0.0420. The first kappa shape index (κ1) is 26.3. The molecule has 174 valence electrons. The summed E-state index contributed by atoms with van der Waals surface area (Å²) in [5.74, 6) is -3.13. The number of carboxylic acids is 1. The molecule has 0 fully saturated rings. The molecule has 1 rings (SSSR count). The summed E-state index contributed by atoms with van der Waals surface area (Å²) in [6.45, 7) is 3.75. The molecule has 0 unspecified atom stereocenters. The molecular weight excluding hydrogens is 402 g/mol. The Bertz CT molecular complexity index is 694. The SMILES string of the molecule is CC[C@H](C)[C@H](N)C(=O)N[C@@H](CCC1C=CC(N)C=C1)C(=O)N[C@@H](CCC(N)=O)C(=O)O. The van der Waals surface area contributed by atoms with Gasteiger partial charge in [0.05, 0.1) is 6.04 Å². The maximum absolute atomic E-state index is 12.8. The Morgan fingerprint density at radius 3 is 2.10 bits per heavy atom. The van der Waals surface area contributed by atoms with E-state index in [1.165, 1.54) is 0 Å². The number of rotatable bonds is 13. The van der Waals surface area contributed by atoms with Crippen LogP contribution in [-0.4, -0.2) is 53.0 Å². The molecule has 0 aromatic carbocycles. The Morgan fingerprint density at radius 1 is 1.00 bits per heavy atom. The van der Waals surface area contributed by atoms with Crippen molar-refractivity contribution < 1.29 is 24.3 Å². The van der Waals surface area contributed by atoms with Crippen LogP contribution in [0.25, 0.3) is 0 Å². The number of hydrogen-bond acceptors (Lipinski definition) is 6. The topological polar surface area (TPSA) is 191 Å². The average molecular weight is 438 g/mol. The quantitative estimate of drug-likeness (QED) is 0.210. The lowest BCUT2D eigenvalue weighted by molar-refractivity contribution is -0.142. The maximum Gasteiger partial charge on any atom is 0.326 e. The van der Waals surface area contributed by atoms with Crippen LogP contribution in [0.5, 0.6) is 0 Å². The van der Waals surface area contributed by atoms with Crippen LogP contribution in [0.15, 0.2) is 24.3 Å². The predicted molar refractivity (Wildman–Crippen MR) is 116 cm³/mol. The third kappa shape index (κ3) is 9.31. The number of hydrogen-bond donors (Lipinski definition) is 6. The second kappa shape index (κ2) is 12.9. The van der Waals surface area contributed by atoms with Crippen LogP contribution in [-0.2, 0) is 19.2 Å². The van der Waals surface area contributed by atoms with Crippen molar-refractivity contribution in [2.24, 2.45) is 29.0 Å². The summed E-state index contributed by atoms with van der Waals surface area (Å²) in [6.07, 6.45) is 8.72. The van der Waals surface area contributed by atoms with Gasteiger partial charge in [0.25, 0.3) is 0 Å². The van der Waals surface area contributed by atoms with Crippen molar-refractivity contribution in [1.82, 2.24) is 10.6 Å². The number of nitrogens with one attached hydrogen (secondary N) is 2. The van der Waals surface area contributed by atoms with Gasteiger partial charge in [0.15, 0.2) is 0 Å². The summed E-state index contributed by atoms with van der Waals surface area (Å²) >= 11 is 0. The number of aliphatic carboxylic acids is 1. The number of primary amides is 1. The highest BCUT2D eigenvalue weighted by molar-refractivity contribution is 5.92. The van der Waals surface area contributed by atoms with E-state index in [1.807, 2.05) is 38.2 Å². The van der Waals surface area contributed by atoms with E-state index < -0.39 is 41.8 Å². The van der Waals surface area contributed by atoms with Crippen LogP contribution in [0.4, 0.5) is 0 Å². The zero-order valence-electron chi connectivity index (χ0n) is 18.1. The Labute approximate surface area is 182 Å². The lowest BCUT2D eigenvalue weighted by Gasteiger charge is -2.25. The minimum Gasteiger partial charge on any atom is -0.480 e. The Hall–Kier alpha value is -2.72. The van der Waals surface area contributed by atoms with Crippen molar-refractivity contribution in [3.05, 3.63) is 24.3 Å². The third-order valence-corrected chi connectivity index (χ3v) is 5.44. The van der Waals surface area contributed by atoms with Gasteiger partial charge in [-0.05, 0) is 31.1 Å². The first-order valence-corrected chi connectivity index (χ1v) is 10.5. The van der Waals surface area contributed by atoms with Crippen LogP contribution in [0.1, 0.15) is 46.0 Å². The van der Waals surface area contributed by atoms with Gasteiger partial charge in [-0.25, -0.2) is 4.79 Å².